The largest absolute Gasteiger partial charge is 0.477 e. The van der Waals surface area contributed by atoms with Crippen LogP contribution in [0.1, 0.15) is 30.5 Å². The maximum absolute atomic E-state index is 11.9. The fourth-order valence-corrected chi connectivity index (χ4v) is 3.26. The van der Waals surface area contributed by atoms with Crippen LogP contribution in [0, 0.1) is 13.8 Å². The van der Waals surface area contributed by atoms with Crippen molar-refractivity contribution in [2.45, 2.75) is 13.8 Å². The van der Waals surface area contributed by atoms with Crippen molar-refractivity contribution in [2.75, 3.05) is 5.32 Å². The van der Waals surface area contributed by atoms with Gasteiger partial charge in [-0.2, -0.15) is 0 Å². The topological polar surface area (TPSA) is 66.4 Å². The Morgan fingerprint density at radius 3 is 2.44 bits per heavy atom. The van der Waals surface area contributed by atoms with Crippen LogP contribution in [-0.4, -0.2) is 17.0 Å². The molecule has 0 radical (unpaired) electrons. The third-order valence-electron chi connectivity index (χ3n) is 2.42. The Kier molecular flexibility index (Phi) is 3.49. The number of nitrogens with one attached hydrogen (secondary N) is 1. The summed E-state index contributed by atoms with van der Waals surface area (Å²) in [5.74, 6) is -1.16. The van der Waals surface area contributed by atoms with Gasteiger partial charge in [0.15, 0.2) is 0 Å². The lowest BCUT2D eigenvalue weighted by Crippen LogP contribution is -2.10. The Bertz CT molecular complexity index is 613. The Balaban J connectivity index is 2.20. The highest BCUT2D eigenvalue weighted by Crippen LogP contribution is 2.27. The number of rotatable bonds is 3. The number of hydrogen-bond donors (Lipinski definition) is 2. The van der Waals surface area contributed by atoms with Gasteiger partial charge < -0.3 is 10.4 Å². The third kappa shape index (κ3) is 2.44. The molecular formula is C12H11NO3S2. The molecular weight excluding hydrogens is 270 g/mol. The van der Waals surface area contributed by atoms with E-state index in [1.807, 2.05) is 18.4 Å². The second-order valence-corrected chi connectivity index (χ2v) is 5.78. The molecule has 0 bridgehead atoms. The second kappa shape index (κ2) is 4.91. The predicted octanol–water partition coefficient (Wildman–Crippen LogP) is 3.38. The van der Waals surface area contributed by atoms with Crippen molar-refractivity contribution in [2.24, 2.45) is 0 Å². The van der Waals surface area contributed by atoms with Crippen LogP contribution in [0.3, 0.4) is 0 Å². The molecule has 0 spiro atoms. The summed E-state index contributed by atoms with van der Waals surface area (Å²) in [7, 11) is 0. The highest BCUT2D eigenvalue weighted by Gasteiger charge is 2.15. The van der Waals surface area contributed by atoms with Gasteiger partial charge in [0.2, 0.25) is 0 Å². The van der Waals surface area contributed by atoms with Gasteiger partial charge in [0.05, 0.1) is 9.88 Å². The van der Waals surface area contributed by atoms with Crippen LogP contribution in [0.15, 0.2) is 17.5 Å². The molecule has 2 aromatic rings. The first-order valence-electron chi connectivity index (χ1n) is 5.18. The van der Waals surface area contributed by atoms with Gasteiger partial charge in [0, 0.05) is 0 Å². The average molecular weight is 281 g/mol. The van der Waals surface area contributed by atoms with Crippen LogP contribution in [0.25, 0.3) is 0 Å². The van der Waals surface area contributed by atoms with E-state index in [-0.39, 0.29) is 10.8 Å². The molecule has 0 aliphatic rings. The van der Waals surface area contributed by atoms with Gasteiger partial charge in [-0.25, -0.2) is 4.79 Å². The smallest absolute Gasteiger partial charge is 0.346 e. The van der Waals surface area contributed by atoms with Crippen LogP contribution < -0.4 is 5.32 Å². The van der Waals surface area contributed by atoms with E-state index in [2.05, 4.69) is 5.32 Å². The highest BCUT2D eigenvalue weighted by molar-refractivity contribution is 7.18. The van der Waals surface area contributed by atoms with Gasteiger partial charge in [-0.1, -0.05) is 0 Å². The van der Waals surface area contributed by atoms with Crippen LogP contribution in [-0.2, 0) is 0 Å². The Hall–Kier alpha value is -1.66. The van der Waals surface area contributed by atoms with E-state index in [1.165, 1.54) is 11.3 Å². The first-order chi connectivity index (χ1) is 8.49. The lowest BCUT2D eigenvalue weighted by atomic mass is 10.3. The minimum absolute atomic E-state index is 0.194. The summed E-state index contributed by atoms with van der Waals surface area (Å²) in [6.07, 6.45) is 0. The number of aryl methyl sites for hydroxylation is 2. The zero-order valence-electron chi connectivity index (χ0n) is 9.81. The van der Waals surface area contributed by atoms with Crippen LogP contribution in [0.2, 0.25) is 0 Å². The molecule has 0 atom stereocenters. The molecule has 2 heterocycles. The van der Waals surface area contributed by atoms with E-state index >= 15 is 0 Å². The second-order valence-electron chi connectivity index (χ2n) is 3.81. The van der Waals surface area contributed by atoms with Crippen molar-refractivity contribution in [3.8, 4) is 0 Å². The Morgan fingerprint density at radius 2 is 1.94 bits per heavy atom. The highest BCUT2D eigenvalue weighted by atomic mass is 32.1. The third-order valence-corrected chi connectivity index (χ3v) is 4.57. The van der Waals surface area contributed by atoms with Crippen molar-refractivity contribution in [3.05, 3.63) is 38.4 Å². The van der Waals surface area contributed by atoms with E-state index in [0.29, 0.717) is 15.4 Å². The zero-order chi connectivity index (χ0) is 13.3. The van der Waals surface area contributed by atoms with Crippen LogP contribution in [0.5, 0.6) is 0 Å². The van der Waals surface area contributed by atoms with E-state index in [1.54, 1.807) is 13.0 Å². The number of aromatic carboxylic acids is 1. The van der Waals surface area contributed by atoms with Crippen molar-refractivity contribution >= 4 is 39.6 Å². The maximum atomic E-state index is 11.9. The minimum Gasteiger partial charge on any atom is -0.477 e. The first-order valence-corrected chi connectivity index (χ1v) is 6.88. The number of carboxylic acid groups (broad SMARTS) is 1. The molecule has 2 rings (SSSR count). The maximum Gasteiger partial charge on any atom is 0.346 e. The molecule has 4 nitrogen and oxygen atoms in total. The van der Waals surface area contributed by atoms with E-state index < -0.39 is 5.97 Å². The minimum atomic E-state index is -0.967. The SMILES string of the molecule is Cc1cc(NC(=O)c2sccc2C)sc1C(=O)O. The quantitative estimate of drug-likeness (QED) is 0.906. The van der Waals surface area contributed by atoms with Gasteiger partial charge in [-0.3, -0.25) is 4.79 Å². The van der Waals surface area contributed by atoms with Gasteiger partial charge in [0.1, 0.15) is 4.88 Å². The summed E-state index contributed by atoms with van der Waals surface area (Å²) in [5, 5.41) is 14.1. The van der Waals surface area contributed by atoms with Crippen molar-refractivity contribution in [3.63, 3.8) is 0 Å². The molecule has 0 aromatic carbocycles. The van der Waals surface area contributed by atoms with E-state index in [9.17, 15) is 9.59 Å². The van der Waals surface area contributed by atoms with Crippen LogP contribution in [0.4, 0.5) is 5.00 Å². The van der Waals surface area contributed by atoms with Crippen LogP contribution >= 0.6 is 22.7 Å². The van der Waals surface area contributed by atoms with Crippen molar-refractivity contribution in [1.82, 2.24) is 0 Å². The lowest BCUT2D eigenvalue weighted by Gasteiger charge is -2.00. The molecule has 0 unspecified atom stereocenters. The summed E-state index contributed by atoms with van der Waals surface area (Å²) >= 11 is 2.44. The zero-order valence-corrected chi connectivity index (χ0v) is 11.4. The van der Waals surface area contributed by atoms with Gasteiger partial charge >= 0.3 is 5.97 Å². The molecule has 0 aliphatic heterocycles. The molecule has 2 aromatic heterocycles. The van der Waals surface area contributed by atoms with E-state index in [0.717, 1.165) is 16.9 Å². The number of carbonyl (C=O) groups is 2. The molecule has 2 N–H and O–H groups in total. The summed E-state index contributed by atoms with van der Waals surface area (Å²) in [5.41, 5.74) is 1.58. The number of carboxylic acids is 1. The molecule has 18 heavy (non-hydrogen) atoms. The summed E-state index contributed by atoms with van der Waals surface area (Å²) in [6.45, 7) is 3.58. The number of anilines is 1. The summed E-state index contributed by atoms with van der Waals surface area (Å²) in [4.78, 5) is 23.8. The average Bonchev–Trinajstić information content (AvgIpc) is 2.84. The predicted molar refractivity (Wildman–Crippen MR) is 73.0 cm³/mol. The number of amides is 1. The summed E-state index contributed by atoms with van der Waals surface area (Å²) in [6, 6.07) is 3.55. The summed E-state index contributed by atoms with van der Waals surface area (Å²) < 4.78 is 0. The molecule has 1 amide bonds. The van der Waals surface area contributed by atoms with E-state index in [4.69, 9.17) is 5.11 Å². The lowest BCUT2D eigenvalue weighted by molar-refractivity contribution is 0.0701. The Labute approximate surface area is 112 Å². The Morgan fingerprint density at radius 1 is 1.22 bits per heavy atom. The van der Waals surface area contributed by atoms with Gasteiger partial charge in [-0.15, -0.1) is 22.7 Å². The molecule has 94 valence electrons. The number of carbonyl (C=O) groups excluding carboxylic acids is 1. The molecule has 6 heteroatoms. The molecule has 0 saturated carbocycles. The monoisotopic (exact) mass is 281 g/mol. The fraction of sp³-hybridized carbons (Fsp3) is 0.167. The molecule has 0 aliphatic carbocycles. The number of thiophene rings is 2. The molecule has 0 fully saturated rings. The van der Waals surface area contributed by atoms with Gasteiger partial charge in [-0.05, 0) is 42.5 Å². The standard InChI is InChI=1S/C12H11NO3S2/c1-6-3-4-17-9(6)11(14)13-8-5-7(2)10(18-8)12(15)16/h3-5H,1-2H3,(H,13,14)(H,15,16). The number of hydrogen-bond acceptors (Lipinski definition) is 4. The fourth-order valence-electron chi connectivity index (χ4n) is 1.53. The normalized spacial score (nSPS) is 10.3. The van der Waals surface area contributed by atoms with Gasteiger partial charge in [0.25, 0.3) is 5.91 Å². The van der Waals surface area contributed by atoms with Crippen molar-refractivity contribution in [1.29, 1.82) is 0 Å². The first kappa shape index (κ1) is 12.8. The van der Waals surface area contributed by atoms with Crippen molar-refractivity contribution < 1.29 is 14.7 Å². The molecule has 0 saturated heterocycles.